The van der Waals surface area contributed by atoms with Crippen molar-refractivity contribution < 1.29 is 4.79 Å². The van der Waals surface area contributed by atoms with Crippen molar-refractivity contribution in [3.8, 4) is 0 Å². The molecule has 0 amide bonds. The van der Waals surface area contributed by atoms with Gasteiger partial charge in [0.2, 0.25) is 0 Å². The summed E-state index contributed by atoms with van der Waals surface area (Å²) in [6.07, 6.45) is 13.9. The maximum atomic E-state index is 10.6. The van der Waals surface area contributed by atoms with E-state index in [9.17, 15) is 4.79 Å². The largest absolute Gasteiger partial charge is 0.295 e. The Morgan fingerprint density at radius 2 is 1.87 bits per heavy atom. The fraction of sp³-hybridized carbons (Fsp3) is 0.643. The molecule has 0 N–H and O–H groups in total. The maximum Gasteiger partial charge on any atom is 0.152 e. The molecule has 0 fully saturated rings. The Bertz CT molecular complexity index is 211. The third-order valence-corrected chi connectivity index (χ3v) is 2.19. The van der Waals surface area contributed by atoms with Gasteiger partial charge in [-0.05, 0) is 38.2 Å². The van der Waals surface area contributed by atoms with Crippen LogP contribution in [0.15, 0.2) is 24.3 Å². The van der Waals surface area contributed by atoms with Gasteiger partial charge in [-0.1, -0.05) is 44.9 Å². The van der Waals surface area contributed by atoms with Gasteiger partial charge in [0.15, 0.2) is 5.78 Å². The van der Waals surface area contributed by atoms with Crippen LogP contribution < -0.4 is 0 Å². The number of ketones is 1. The molecule has 1 nitrogen and oxygen atoms in total. The van der Waals surface area contributed by atoms with Gasteiger partial charge in [-0.2, -0.15) is 0 Å². The second-order valence-corrected chi connectivity index (χ2v) is 4.40. The lowest BCUT2D eigenvalue weighted by molar-refractivity contribution is -0.112. The second kappa shape index (κ2) is 9.70. The number of carbonyl (C=O) groups excluding carboxylic acids is 1. The Kier molecular flexibility index (Phi) is 9.15. The molecule has 0 radical (unpaired) electrons. The zero-order valence-electron chi connectivity index (χ0n) is 10.3. The SMILES string of the molecule is CC(=O)/C=C/C/C=C/CCCCC(C)C. The molecule has 0 aromatic rings. The van der Waals surface area contributed by atoms with Crippen molar-refractivity contribution in [2.75, 3.05) is 0 Å². The molecule has 0 aromatic carbocycles. The summed E-state index contributed by atoms with van der Waals surface area (Å²) in [5, 5.41) is 0. The summed E-state index contributed by atoms with van der Waals surface area (Å²) in [7, 11) is 0. The lowest BCUT2D eigenvalue weighted by Gasteiger charge is -2.01. The van der Waals surface area contributed by atoms with Crippen molar-refractivity contribution in [1.82, 2.24) is 0 Å². The van der Waals surface area contributed by atoms with E-state index in [0.29, 0.717) is 0 Å². The number of carbonyl (C=O) groups is 1. The predicted octanol–water partition coefficient (Wildman–Crippen LogP) is 4.29. The Morgan fingerprint density at radius 1 is 1.13 bits per heavy atom. The molecule has 86 valence electrons. The molecule has 0 bridgehead atoms. The van der Waals surface area contributed by atoms with Crippen LogP contribution in [-0.2, 0) is 4.79 Å². The summed E-state index contributed by atoms with van der Waals surface area (Å²) in [5.74, 6) is 0.952. The van der Waals surface area contributed by atoms with Gasteiger partial charge in [0.25, 0.3) is 0 Å². The average molecular weight is 208 g/mol. The maximum absolute atomic E-state index is 10.6. The van der Waals surface area contributed by atoms with E-state index < -0.39 is 0 Å². The molecular formula is C14H24O. The van der Waals surface area contributed by atoms with E-state index in [1.807, 2.05) is 6.08 Å². The first kappa shape index (κ1) is 14.2. The Morgan fingerprint density at radius 3 is 2.47 bits per heavy atom. The van der Waals surface area contributed by atoms with Gasteiger partial charge in [-0.3, -0.25) is 4.79 Å². The van der Waals surface area contributed by atoms with E-state index in [1.165, 1.54) is 25.7 Å². The zero-order valence-corrected chi connectivity index (χ0v) is 10.3. The summed E-state index contributed by atoms with van der Waals surface area (Å²) in [5.41, 5.74) is 0. The molecule has 0 saturated carbocycles. The Hall–Kier alpha value is -0.850. The van der Waals surface area contributed by atoms with Gasteiger partial charge in [0.05, 0.1) is 0 Å². The van der Waals surface area contributed by atoms with Crippen molar-refractivity contribution in [2.24, 2.45) is 5.92 Å². The van der Waals surface area contributed by atoms with Crippen LogP contribution >= 0.6 is 0 Å². The first-order valence-electron chi connectivity index (χ1n) is 5.95. The van der Waals surface area contributed by atoms with Gasteiger partial charge in [0.1, 0.15) is 0 Å². The number of hydrogen-bond donors (Lipinski definition) is 0. The molecule has 0 spiro atoms. The third kappa shape index (κ3) is 13.2. The fourth-order valence-corrected chi connectivity index (χ4v) is 1.34. The molecule has 0 atom stereocenters. The van der Waals surface area contributed by atoms with Gasteiger partial charge in [-0.25, -0.2) is 0 Å². The van der Waals surface area contributed by atoms with Crippen molar-refractivity contribution in [3.05, 3.63) is 24.3 Å². The number of hydrogen-bond acceptors (Lipinski definition) is 1. The van der Waals surface area contributed by atoms with Crippen molar-refractivity contribution >= 4 is 5.78 Å². The van der Waals surface area contributed by atoms with Gasteiger partial charge >= 0.3 is 0 Å². The standard InChI is InChI=1S/C14H24O/c1-13(2)11-9-7-5-4-6-8-10-12-14(3)15/h4,6,10,12-13H,5,7-9,11H2,1-3H3/b6-4+,12-10+. The molecule has 0 aliphatic rings. The fourth-order valence-electron chi connectivity index (χ4n) is 1.34. The minimum Gasteiger partial charge on any atom is -0.295 e. The molecular weight excluding hydrogens is 184 g/mol. The van der Waals surface area contributed by atoms with Gasteiger partial charge in [-0.15, -0.1) is 0 Å². The summed E-state index contributed by atoms with van der Waals surface area (Å²) in [6.45, 7) is 6.11. The molecule has 0 aliphatic heterocycles. The van der Waals surface area contributed by atoms with Crippen LogP contribution in [0.25, 0.3) is 0 Å². The van der Waals surface area contributed by atoms with Crippen molar-refractivity contribution in [3.63, 3.8) is 0 Å². The molecule has 1 heteroatoms. The molecule has 0 unspecified atom stereocenters. The lowest BCUT2D eigenvalue weighted by Crippen LogP contribution is -1.85. The molecule has 0 aliphatic carbocycles. The quantitative estimate of drug-likeness (QED) is 0.330. The zero-order chi connectivity index (χ0) is 11.5. The van der Waals surface area contributed by atoms with Crippen LogP contribution in [0.2, 0.25) is 0 Å². The van der Waals surface area contributed by atoms with Crippen molar-refractivity contribution in [1.29, 1.82) is 0 Å². The number of allylic oxidation sites excluding steroid dienone is 4. The summed E-state index contributed by atoms with van der Waals surface area (Å²) in [4.78, 5) is 10.6. The van der Waals surface area contributed by atoms with Crippen LogP contribution in [0.5, 0.6) is 0 Å². The highest BCUT2D eigenvalue weighted by Crippen LogP contribution is 2.08. The summed E-state index contributed by atoms with van der Waals surface area (Å²) in [6, 6.07) is 0. The van der Waals surface area contributed by atoms with E-state index in [0.717, 1.165) is 12.3 Å². The topological polar surface area (TPSA) is 17.1 Å². The van der Waals surface area contributed by atoms with E-state index in [1.54, 1.807) is 13.0 Å². The summed E-state index contributed by atoms with van der Waals surface area (Å²) >= 11 is 0. The first-order valence-corrected chi connectivity index (χ1v) is 5.95. The Balaban J connectivity index is 3.28. The van der Waals surface area contributed by atoms with Crippen LogP contribution in [0.3, 0.4) is 0 Å². The minimum absolute atomic E-state index is 0.125. The highest BCUT2D eigenvalue weighted by molar-refractivity contribution is 5.87. The minimum atomic E-state index is 0.125. The van der Waals surface area contributed by atoms with Crippen LogP contribution in [0.4, 0.5) is 0 Å². The number of rotatable bonds is 8. The van der Waals surface area contributed by atoms with Crippen molar-refractivity contribution in [2.45, 2.75) is 52.9 Å². The van der Waals surface area contributed by atoms with Gasteiger partial charge < -0.3 is 0 Å². The highest BCUT2D eigenvalue weighted by Gasteiger charge is 1.91. The smallest absolute Gasteiger partial charge is 0.152 e. The molecule has 15 heavy (non-hydrogen) atoms. The molecule has 0 rings (SSSR count). The molecule has 0 heterocycles. The first-order chi connectivity index (χ1) is 7.13. The van der Waals surface area contributed by atoms with Crippen LogP contribution in [0, 0.1) is 5.92 Å². The van der Waals surface area contributed by atoms with Gasteiger partial charge in [0, 0.05) is 0 Å². The monoisotopic (exact) mass is 208 g/mol. The second-order valence-electron chi connectivity index (χ2n) is 4.40. The van der Waals surface area contributed by atoms with E-state index in [-0.39, 0.29) is 5.78 Å². The lowest BCUT2D eigenvalue weighted by atomic mass is 10.1. The van der Waals surface area contributed by atoms with E-state index in [2.05, 4.69) is 26.0 Å². The predicted molar refractivity (Wildman–Crippen MR) is 66.9 cm³/mol. The van der Waals surface area contributed by atoms with Crippen LogP contribution in [-0.4, -0.2) is 5.78 Å². The third-order valence-electron chi connectivity index (χ3n) is 2.19. The Labute approximate surface area is 94.3 Å². The molecule has 0 aromatic heterocycles. The van der Waals surface area contributed by atoms with Crippen LogP contribution in [0.1, 0.15) is 52.9 Å². The van der Waals surface area contributed by atoms with E-state index >= 15 is 0 Å². The van der Waals surface area contributed by atoms with E-state index in [4.69, 9.17) is 0 Å². The number of unbranched alkanes of at least 4 members (excludes halogenated alkanes) is 2. The molecule has 0 saturated heterocycles. The normalized spacial score (nSPS) is 12.0. The highest BCUT2D eigenvalue weighted by atomic mass is 16.1. The average Bonchev–Trinajstić information content (AvgIpc) is 2.14. The summed E-state index contributed by atoms with van der Waals surface area (Å²) < 4.78 is 0.